The highest BCUT2D eigenvalue weighted by molar-refractivity contribution is 4.99. The molecule has 0 saturated carbocycles. The number of hydrogen-bond donors (Lipinski definition) is 0. The molecule has 0 bridgehead atoms. The van der Waals surface area contributed by atoms with Crippen LogP contribution < -0.4 is 0 Å². The van der Waals surface area contributed by atoms with E-state index in [-0.39, 0.29) is 0 Å². The lowest BCUT2D eigenvalue weighted by Crippen LogP contribution is -1.87. The minimum Gasteiger partial charge on any atom is -0.103 e. The van der Waals surface area contributed by atoms with Gasteiger partial charge in [-0.2, -0.15) is 0 Å². The maximum atomic E-state index is 3.63. The zero-order valence-corrected chi connectivity index (χ0v) is 6.41. The maximum Gasteiger partial charge on any atom is 0.0114 e. The van der Waals surface area contributed by atoms with Crippen molar-refractivity contribution in [1.29, 1.82) is 0 Å². The van der Waals surface area contributed by atoms with Gasteiger partial charge in [0.2, 0.25) is 0 Å². The van der Waals surface area contributed by atoms with Crippen LogP contribution in [0.5, 0.6) is 0 Å². The van der Waals surface area contributed by atoms with Crippen molar-refractivity contribution in [2.45, 2.75) is 33.1 Å². The molecule has 1 unspecified atom stereocenters. The van der Waals surface area contributed by atoms with E-state index >= 15 is 0 Å². The van der Waals surface area contributed by atoms with Gasteiger partial charge < -0.3 is 0 Å². The summed E-state index contributed by atoms with van der Waals surface area (Å²) in [5, 5.41) is 0. The molecule has 0 heterocycles. The highest BCUT2D eigenvalue weighted by Crippen LogP contribution is 2.03. The van der Waals surface area contributed by atoms with Crippen LogP contribution in [0.2, 0.25) is 0 Å². The molecule has 0 amide bonds. The van der Waals surface area contributed by atoms with Gasteiger partial charge in [0.05, 0.1) is 0 Å². The lowest BCUT2D eigenvalue weighted by molar-refractivity contribution is 0.580. The van der Waals surface area contributed by atoms with Gasteiger partial charge in [-0.15, -0.1) is 11.8 Å². The summed E-state index contributed by atoms with van der Waals surface area (Å²) in [6, 6.07) is 0. The maximum absolute atomic E-state index is 3.63. The molecule has 0 aromatic rings. The van der Waals surface area contributed by atoms with E-state index in [1.165, 1.54) is 6.42 Å². The standard InChI is InChI=1S/C9H15/c1-4-6-7-8-9(3)5-2/h9H,1,4-5,8H2,2-3H3. The Morgan fingerprint density at radius 2 is 2.11 bits per heavy atom. The van der Waals surface area contributed by atoms with E-state index in [4.69, 9.17) is 0 Å². The SMILES string of the molecule is [CH2]CC#CCC(C)CC. The number of rotatable bonds is 2. The van der Waals surface area contributed by atoms with Crippen molar-refractivity contribution in [3.05, 3.63) is 6.92 Å². The van der Waals surface area contributed by atoms with Gasteiger partial charge in [0.1, 0.15) is 0 Å². The predicted octanol–water partition coefficient (Wildman–Crippen LogP) is 2.65. The Bertz CT molecular complexity index is 103. The Morgan fingerprint density at radius 1 is 1.44 bits per heavy atom. The first-order valence-electron chi connectivity index (χ1n) is 3.56. The summed E-state index contributed by atoms with van der Waals surface area (Å²) in [5.41, 5.74) is 0. The van der Waals surface area contributed by atoms with E-state index in [2.05, 4.69) is 32.6 Å². The quantitative estimate of drug-likeness (QED) is 0.495. The largest absolute Gasteiger partial charge is 0.103 e. The van der Waals surface area contributed by atoms with Crippen molar-refractivity contribution in [2.24, 2.45) is 5.92 Å². The highest BCUT2D eigenvalue weighted by atomic mass is 14.0. The fourth-order valence-electron chi connectivity index (χ4n) is 0.479. The van der Waals surface area contributed by atoms with Crippen molar-refractivity contribution < 1.29 is 0 Å². The van der Waals surface area contributed by atoms with Crippen LogP contribution in [0.4, 0.5) is 0 Å². The molecule has 51 valence electrons. The van der Waals surface area contributed by atoms with Gasteiger partial charge in [-0.3, -0.25) is 0 Å². The van der Waals surface area contributed by atoms with Crippen LogP contribution >= 0.6 is 0 Å². The van der Waals surface area contributed by atoms with Crippen molar-refractivity contribution >= 4 is 0 Å². The van der Waals surface area contributed by atoms with Crippen LogP contribution in [0, 0.1) is 24.7 Å². The third-order valence-corrected chi connectivity index (χ3v) is 1.40. The summed E-state index contributed by atoms with van der Waals surface area (Å²) >= 11 is 0. The molecule has 9 heavy (non-hydrogen) atoms. The molecule has 0 aromatic carbocycles. The lowest BCUT2D eigenvalue weighted by atomic mass is 10.1. The van der Waals surface area contributed by atoms with Crippen molar-refractivity contribution in [1.82, 2.24) is 0 Å². The second kappa shape index (κ2) is 5.69. The lowest BCUT2D eigenvalue weighted by Gasteiger charge is -1.99. The van der Waals surface area contributed by atoms with Crippen LogP contribution in [0.25, 0.3) is 0 Å². The molecular weight excluding hydrogens is 108 g/mol. The van der Waals surface area contributed by atoms with Crippen LogP contribution in [-0.4, -0.2) is 0 Å². The minimum atomic E-state index is 0.746. The minimum absolute atomic E-state index is 0.746. The Morgan fingerprint density at radius 3 is 2.56 bits per heavy atom. The molecule has 0 N–H and O–H groups in total. The molecule has 0 aliphatic rings. The topological polar surface area (TPSA) is 0 Å². The van der Waals surface area contributed by atoms with Crippen molar-refractivity contribution in [2.75, 3.05) is 0 Å². The Kier molecular flexibility index (Phi) is 5.41. The van der Waals surface area contributed by atoms with E-state index < -0.39 is 0 Å². The van der Waals surface area contributed by atoms with Crippen molar-refractivity contribution in [3.63, 3.8) is 0 Å². The first-order valence-corrected chi connectivity index (χ1v) is 3.56. The highest BCUT2D eigenvalue weighted by Gasteiger charge is 1.91. The van der Waals surface area contributed by atoms with Gasteiger partial charge in [0, 0.05) is 12.8 Å². The molecule has 0 rings (SSSR count). The fraction of sp³-hybridized carbons (Fsp3) is 0.667. The summed E-state index contributed by atoms with van der Waals surface area (Å²) < 4.78 is 0. The summed E-state index contributed by atoms with van der Waals surface area (Å²) in [7, 11) is 0. The normalized spacial score (nSPS) is 11.9. The van der Waals surface area contributed by atoms with Gasteiger partial charge >= 0.3 is 0 Å². The molecule has 0 spiro atoms. The van der Waals surface area contributed by atoms with Crippen LogP contribution in [-0.2, 0) is 0 Å². The summed E-state index contributed by atoms with van der Waals surface area (Å²) in [6.07, 6.45) is 3.01. The molecule has 0 aliphatic heterocycles. The monoisotopic (exact) mass is 123 g/mol. The van der Waals surface area contributed by atoms with Crippen molar-refractivity contribution in [3.8, 4) is 11.8 Å². The van der Waals surface area contributed by atoms with Gasteiger partial charge in [-0.1, -0.05) is 20.3 Å². The average molecular weight is 123 g/mol. The molecular formula is C9H15. The molecule has 0 heteroatoms. The summed E-state index contributed by atoms with van der Waals surface area (Å²) in [6.45, 7) is 8.05. The molecule has 0 fully saturated rings. The summed E-state index contributed by atoms with van der Waals surface area (Å²) in [5.74, 6) is 6.78. The Hall–Kier alpha value is -0.440. The second-order valence-electron chi connectivity index (χ2n) is 2.32. The first kappa shape index (κ1) is 8.56. The second-order valence-corrected chi connectivity index (χ2v) is 2.32. The van der Waals surface area contributed by atoms with Gasteiger partial charge in [-0.05, 0) is 12.8 Å². The van der Waals surface area contributed by atoms with E-state index in [9.17, 15) is 0 Å². The van der Waals surface area contributed by atoms with Gasteiger partial charge in [0.15, 0.2) is 0 Å². The number of hydrogen-bond acceptors (Lipinski definition) is 0. The third-order valence-electron chi connectivity index (χ3n) is 1.40. The van der Waals surface area contributed by atoms with E-state index in [0.29, 0.717) is 0 Å². The van der Waals surface area contributed by atoms with E-state index in [1.54, 1.807) is 0 Å². The molecule has 0 aliphatic carbocycles. The van der Waals surface area contributed by atoms with Gasteiger partial charge in [-0.25, -0.2) is 0 Å². The third kappa shape index (κ3) is 5.43. The van der Waals surface area contributed by atoms with Crippen LogP contribution in [0.15, 0.2) is 0 Å². The van der Waals surface area contributed by atoms with Crippen LogP contribution in [0.3, 0.4) is 0 Å². The van der Waals surface area contributed by atoms with E-state index in [1.807, 2.05) is 0 Å². The zero-order valence-electron chi connectivity index (χ0n) is 6.41. The van der Waals surface area contributed by atoms with E-state index in [0.717, 1.165) is 18.8 Å². The molecule has 0 nitrogen and oxygen atoms in total. The van der Waals surface area contributed by atoms with Gasteiger partial charge in [0.25, 0.3) is 0 Å². The summed E-state index contributed by atoms with van der Waals surface area (Å²) in [4.78, 5) is 0. The predicted molar refractivity (Wildman–Crippen MR) is 41.8 cm³/mol. The fourth-order valence-corrected chi connectivity index (χ4v) is 0.479. The molecule has 1 radical (unpaired) electrons. The first-order chi connectivity index (χ1) is 4.31. The Balaban J connectivity index is 3.25. The molecule has 0 saturated heterocycles. The average Bonchev–Trinajstić information content (AvgIpc) is 1.89. The zero-order chi connectivity index (χ0) is 7.11. The Labute approximate surface area is 58.7 Å². The van der Waals surface area contributed by atoms with Crippen LogP contribution in [0.1, 0.15) is 33.1 Å². The smallest absolute Gasteiger partial charge is 0.0114 e. The molecule has 0 aromatic heterocycles. The molecule has 1 atom stereocenters.